The quantitative estimate of drug-likeness (QED) is 0.283. The largest absolute Gasteiger partial charge is 0.493 e. The predicted octanol–water partition coefficient (Wildman–Crippen LogP) is 7.71. The molecule has 0 saturated heterocycles. The Kier molecular flexibility index (Phi) is 6.59. The van der Waals surface area contributed by atoms with Gasteiger partial charge in [-0.1, -0.05) is 61.0 Å². The monoisotopic (exact) mass is 472 g/mol. The zero-order valence-electron chi connectivity index (χ0n) is 19.5. The number of anilines is 1. The SMILES string of the molecule is CCCOc1c(Cl)cc(C=Nc2ccc([C@@H]3Nc4ccccc4[C@H]4C=CC[C@H]43)cc2)cc1OC. The van der Waals surface area contributed by atoms with E-state index in [1.807, 2.05) is 12.1 Å². The second-order valence-corrected chi connectivity index (χ2v) is 9.20. The molecule has 0 amide bonds. The molecule has 0 fully saturated rings. The van der Waals surface area contributed by atoms with Gasteiger partial charge >= 0.3 is 0 Å². The summed E-state index contributed by atoms with van der Waals surface area (Å²) in [4.78, 5) is 4.66. The summed E-state index contributed by atoms with van der Waals surface area (Å²) < 4.78 is 11.2. The molecule has 5 rings (SSSR count). The minimum absolute atomic E-state index is 0.284. The summed E-state index contributed by atoms with van der Waals surface area (Å²) in [5.74, 6) is 2.20. The van der Waals surface area contributed by atoms with Crippen molar-refractivity contribution in [3.63, 3.8) is 0 Å². The third-order valence-electron chi connectivity index (χ3n) is 6.59. The second kappa shape index (κ2) is 9.94. The minimum Gasteiger partial charge on any atom is -0.493 e. The molecule has 3 atom stereocenters. The van der Waals surface area contributed by atoms with Crippen molar-refractivity contribution in [3.05, 3.63) is 94.5 Å². The van der Waals surface area contributed by atoms with E-state index in [1.165, 1.54) is 16.8 Å². The van der Waals surface area contributed by atoms with Gasteiger partial charge in [0.15, 0.2) is 11.5 Å². The van der Waals surface area contributed by atoms with Crippen molar-refractivity contribution in [2.75, 3.05) is 19.0 Å². The molecule has 174 valence electrons. The summed E-state index contributed by atoms with van der Waals surface area (Å²) in [5.41, 5.74) is 5.68. The number of benzene rings is 3. The predicted molar refractivity (Wildman–Crippen MR) is 140 cm³/mol. The van der Waals surface area contributed by atoms with Gasteiger partial charge in [-0.3, -0.25) is 4.99 Å². The van der Waals surface area contributed by atoms with E-state index in [9.17, 15) is 0 Å². The van der Waals surface area contributed by atoms with Gasteiger partial charge in [-0.05, 0) is 65.8 Å². The fourth-order valence-corrected chi connectivity index (χ4v) is 5.22. The van der Waals surface area contributed by atoms with Gasteiger partial charge in [0.1, 0.15) is 0 Å². The van der Waals surface area contributed by atoms with Crippen molar-refractivity contribution >= 4 is 29.2 Å². The number of ether oxygens (including phenoxy) is 2. The van der Waals surface area contributed by atoms with Gasteiger partial charge in [0.25, 0.3) is 0 Å². The molecule has 0 saturated carbocycles. The van der Waals surface area contributed by atoms with Crippen LogP contribution in [0.1, 0.15) is 48.4 Å². The molecule has 0 radical (unpaired) electrons. The first-order valence-corrected chi connectivity index (χ1v) is 12.2. The lowest BCUT2D eigenvalue weighted by molar-refractivity contribution is 0.294. The Balaban J connectivity index is 1.34. The zero-order chi connectivity index (χ0) is 23.5. The number of aliphatic imine (C=N–C) groups is 1. The molecule has 1 heterocycles. The molecule has 3 aromatic carbocycles. The summed E-state index contributed by atoms with van der Waals surface area (Å²) in [5, 5.41) is 4.30. The Labute approximate surface area is 206 Å². The summed E-state index contributed by atoms with van der Waals surface area (Å²) in [6, 6.07) is 21.2. The van der Waals surface area contributed by atoms with Crippen LogP contribution in [-0.4, -0.2) is 19.9 Å². The van der Waals surface area contributed by atoms with Crippen LogP contribution >= 0.6 is 11.6 Å². The second-order valence-electron chi connectivity index (χ2n) is 8.80. The number of fused-ring (bicyclic) bond motifs is 3. The molecule has 3 aromatic rings. The molecule has 1 N–H and O–H groups in total. The van der Waals surface area contributed by atoms with Gasteiger partial charge in [-0.2, -0.15) is 0 Å². The van der Waals surface area contributed by atoms with Crippen LogP contribution in [0.5, 0.6) is 11.5 Å². The maximum Gasteiger partial charge on any atom is 0.179 e. The van der Waals surface area contributed by atoms with E-state index in [4.69, 9.17) is 21.1 Å². The van der Waals surface area contributed by atoms with E-state index in [2.05, 4.69) is 77.9 Å². The standard InChI is InChI=1S/C29H29ClN2O2/c1-3-15-34-29-25(30)16-19(17-27(29)33-2)18-31-21-13-11-20(12-14-21)28-24-9-6-8-22(24)23-7-4-5-10-26(23)32-28/h4-8,10-14,16-18,22,24,28,32H,3,9,15H2,1-2H3/t22-,24-,28+/m1/s1. The third kappa shape index (κ3) is 4.43. The molecule has 4 nitrogen and oxygen atoms in total. The molecule has 2 aliphatic rings. The minimum atomic E-state index is 0.284. The van der Waals surface area contributed by atoms with Crippen molar-refractivity contribution in [1.29, 1.82) is 0 Å². The van der Waals surface area contributed by atoms with Gasteiger partial charge in [-0.15, -0.1) is 0 Å². The van der Waals surface area contributed by atoms with Gasteiger partial charge in [0.05, 0.1) is 30.5 Å². The first kappa shape index (κ1) is 22.5. The van der Waals surface area contributed by atoms with E-state index in [0.29, 0.717) is 35.0 Å². The number of para-hydroxylation sites is 1. The average Bonchev–Trinajstić information content (AvgIpc) is 3.37. The van der Waals surface area contributed by atoms with Gasteiger partial charge in [0, 0.05) is 17.8 Å². The molecule has 5 heteroatoms. The number of rotatable bonds is 7. The Bertz CT molecular complexity index is 1220. The number of allylic oxidation sites excluding steroid dienone is 2. The Morgan fingerprint density at radius 1 is 1.12 bits per heavy atom. The van der Waals surface area contributed by atoms with Crippen LogP contribution in [0.15, 0.2) is 77.8 Å². The fraction of sp³-hybridized carbons (Fsp3) is 0.276. The van der Waals surface area contributed by atoms with Gasteiger partial charge < -0.3 is 14.8 Å². The molecular weight excluding hydrogens is 444 g/mol. The highest BCUT2D eigenvalue weighted by Gasteiger charge is 2.37. The lowest BCUT2D eigenvalue weighted by Crippen LogP contribution is -2.28. The summed E-state index contributed by atoms with van der Waals surface area (Å²) in [6.45, 7) is 2.65. The lowest BCUT2D eigenvalue weighted by Gasteiger charge is -2.37. The number of halogens is 1. The molecule has 34 heavy (non-hydrogen) atoms. The zero-order valence-corrected chi connectivity index (χ0v) is 20.3. The molecule has 1 aliphatic heterocycles. The first-order valence-electron chi connectivity index (χ1n) is 11.8. The van der Waals surface area contributed by atoms with E-state index >= 15 is 0 Å². The average molecular weight is 473 g/mol. The van der Waals surface area contributed by atoms with Crippen molar-refractivity contribution in [2.45, 2.75) is 31.7 Å². The molecule has 0 spiro atoms. The number of nitrogens with zero attached hydrogens (tertiary/aromatic N) is 1. The Morgan fingerprint density at radius 2 is 1.94 bits per heavy atom. The molecule has 0 aromatic heterocycles. The van der Waals surface area contributed by atoms with Crippen LogP contribution in [-0.2, 0) is 0 Å². The van der Waals surface area contributed by atoms with Crippen LogP contribution in [0.2, 0.25) is 5.02 Å². The molecule has 0 unspecified atom stereocenters. The van der Waals surface area contributed by atoms with Crippen molar-refractivity contribution in [1.82, 2.24) is 0 Å². The number of methoxy groups -OCH3 is 1. The van der Waals surface area contributed by atoms with Crippen molar-refractivity contribution in [2.24, 2.45) is 10.9 Å². The summed E-state index contributed by atoms with van der Waals surface area (Å²) >= 11 is 6.44. The normalized spacial score (nSPS) is 20.6. The van der Waals surface area contributed by atoms with Crippen LogP contribution in [0.3, 0.4) is 0 Å². The molecule has 1 aliphatic carbocycles. The maximum atomic E-state index is 6.44. The van der Waals surface area contributed by atoms with Crippen LogP contribution in [0.4, 0.5) is 11.4 Å². The van der Waals surface area contributed by atoms with Gasteiger partial charge in [-0.25, -0.2) is 0 Å². The highest BCUT2D eigenvalue weighted by atomic mass is 35.5. The Morgan fingerprint density at radius 3 is 2.74 bits per heavy atom. The van der Waals surface area contributed by atoms with Crippen LogP contribution in [0, 0.1) is 5.92 Å². The highest BCUT2D eigenvalue weighted by Crippen LogP contribution is 2.49. The maximum absolute atomic E-state index is 6.44. The van der Waals surface area contributed by atoms with Crippen molar-refractivity contribution in [3.8, 4) is 11.5 Å². The van der Waals surface area contributed by atoms with E-state index < -0.39 is 0 Å². The van der Waals surface area contributed by atoms with Gasteiger partial charge in [0.2, 0.25) is 0 Å². The van der Waals surface area contributed by atoms with E-state index in [-0.39, 0.29) is 6.04 Å². The first-order chi connectivity index (χ1) is 16.7. The number of nitrogens with one attached hydrogen (secondary N) is 1. The third-order valence-corrected chi connectivity index (χ3v) is 6.87. The van der Waals surface area contributed by atoms with Crippen LogP contribution < -0.4 is 14.8 Å². The van der Waals surface area contributed by atoms with E-state index in [1.54, 1.807) is 13.3 Å². The Hall–Kier alpha value is -3.24. The molecule has 0 bridgehead atoms. The lowest BCUT2D eigenvalue weighted by atomic mass is 9.77. The smallest absolute Gasteiger partial charge is 0.179 e. The fourth-order valence-electron chi connectivity index (χ4n) is 4.95. The van der Waals surface area contributed by atoms with E-state index in [0.717, 1.165) is 24.1 Å². The number of hydrogen-bond donors (Lipinski definition) is 1. The van der Waals surface area contributed by atoms with Crippen LogP contribution in [0.25, 0.3) is 0 Å². The van der Waals surface area contributed by atoms with Crippen molar-refractivity contribution < 1.29 is 9.47 Å². The number of hydrogen-bond acceptors (Lipinski definition) is 4. The summed E-state index contributed by atoms with van der Waals surface area (Å²) in [7, 11) is 1.62. The summed E-state index contributed by atoms with van der Waals surface area (Å²) in [6.07, 6.45) is 8.49. The topological polar surface area (TPSA) is 42.8 Å². The highest BCUT2D eigenvalue weighted by molar-refractivity contribution is 6.32. The molecular formula is C29H29ClN2O2.